The molecule has 1 saturated carbocycles. The Hall–Kier alpha value is -0.960. The van der Waals surface area contributed by atoms with Crippen molar-refractivity contribution in [3.63, 3.8) is 0 Å². The van der Waals surface area contributed by atoms with Crippen LogP contribution in [-0.2, 0) is 0 Å². The summed E-state index contributed by atoms with van der Waals surface area (Å²) in [6, 6.07) is 4.03. The van der Waals surface area contributed by atoms with Gasteiger partial charge < -0.3 is 5.32 Å². The van der Waals surface area contributed by atoms with Crippen LogP contribution in [0.15, 0.2) is 18.2 Å². The van der Waals surface area contributed by atoms with Crippen molar-refractivity contribution in [2.24, 2.45) is 11.8 Å². The summed E-state index contributed by atoms with van der Waals surface area (Å²) in [6.07, 6.45) is 4.50. The number of rotatable bonds is 5. The van der Waals surface area contributed by atoms with Gasteiger partial charge in [0.2, 0.25) is 0 Å². The first kappa shape index (κ1) is 15.4. The number of nitrogens with one attached hydrogen (secondary N) is 1. The average molecular weight is 281 g/mol. The maximum atomic E-state index is 14.0. The number of hydrogen-bond acceptors (Lipinski definition) is 1. The van der Waals surface area contributed by atoms with Crippen molar-refractivity contribution in [1.82, 2.24) is 5.32 Å². The zero-order valence-electron chi connectivity index (χ0n) is 12.5. The van der Waals surface area contributed by atoms with E-state index in [-0.39, 0.29) is 11.7 Å². The molecule has 0 saturated heterocycles. The first-order valence-corrected chi connectivity index (χ1v) is 7.73. The molecule has 3 heteroatoms. The summed E-state index contributed by atoms with van der Waals surface area (Å²) in [4.78, 5) is 0. The first-order valence-electron chi connectivity index (χ1n) is 7.73. The molecule has 0 aromatic heterocycles. The molecule has 1 N–H and O–H groups in total. The largest absolute Gasteiger partial charge is 0.316 e. The molecule has 0 spiro atoms. The summed E-state index contributed by atoms with van der Waals surface area (Å²) in [5.41, 5.74) is 0.697. The lowest BCUT2D eigenvalue weighted by molar-refractivity contribution is 0.286. The van der Waals surface area contributed by atoms with Crippen LogP contribution in [0.5, 0.6) is 0 Å². The molecule has 1 aliphatic carbocycles. The van der Waals surface area contributed by atoms with Gasteiger partial charge in [-0.1, -0.05) is 32.8 Å². The summed E-state index contributed by atoms with van der Waals surface area (Å²) in [5, 5.41) is 3.49. The van der Waals surface area contributed by atoms with E-state index < -0.39 is 5.82 Å². The minimum atomic E-state index is -0.489. The second-order valence-electron chi connectivity index (χ2n) is 6.37. The fraction of sp³-hybridized carbons (Fsp3) is 0.647. The van der Waals surface area contributed by atoms with Crippen LogP contribution in [0.4, 0.5) is 8.78 Å². The standard InChI is InChI=1S/C17H25F2N/c1-12(2)10-20-11-13-5-3-4-6-15(13)16-8-7-14(18)9-17(16)19/h7-9,12-13,15,20H,3-6,10-11H2,1-2H3. The van der Waals surface area contributed by atoms with Gasteiger partial charge in [0, 0.05) is 6.07 Å². The van der Waals surface area contributed by atoms with Gasteiger partial charge in [0.25, 0.3) is 0 Å². The van der Waals surface area contributed by atoms with Gasteiger partial charge in [-0.05, 0) is 55.3 Å². The molecule has 20 heavy (non-hydrogen) atoms. The molecule has 0 heterocycles. The van der Waals surface area contributed by atoms with Crippen LogP contribution in [0, 0.1) is 23.5 Å². The van der Waals surface area contributed by atoms with E-state index in [1.54, 1.807) is 6.07 Å². The molecular formula is C17H25F2N. The lowest BCUT2D eigenvalue weighted by Gasteiger charge is -2.32. The maximum Gasteiger partial charge on any atom is 0.129 e. The molecule has 1 aromatic carbocycles. The molecule has 1 fully saturated rings. The molecule has 0 bridgehead atoms. The maximum absolute atomic E-state index is 14.0. The van der Waals surface area contributed by atoms with Gasteiger partial charge in [-0.3, -0.25) is 0 Å². The zero-order valence-corrected chi connectivity index (χ0v) is 12.5. The van der Waals surface area contributed by atoms with Crippen molar-refractivity contribution in [2.75, 3.05) is 13.1 Å². The van der Waals surface area contributed by atoms with Crippen LogP contribution in [0.1, 0.15) is 51.0 Å². The van der Waals surface area contributed by atoms with E-state index in [1.165, 1.54) is 12.5 Å². The Morgan fingerprint density at radius 1 is 1.20 bits per heavy atom. The summed E-state index contributed by atoms with van der Waals surface area (Å²) < 4.78 is 27.0. The van der Waals surface area contributed by atoms with Gasteiger partial charge in [-0.25, -0.2) is 8.78 Å². The summed E-state index contributed by atoms with van der Waals surface area (Å²) in [7, 11) is 0. The lowest BCUT2D eigenvalue weighted by Crippen LogP contribution is -2.32. The molecule has 2 unspecified atom stereocenters. The fourth-order valence-electron chi connectivity index (χ4n) is 3.22. The SMILES string of the molecule is CC(C)CNCC1CCCCC1c1ccc(F)cc1F. The summed E-state index contributed by atoms with van der Waals surface area (Å²) >= 11 is 0. The van der Waals surface area contributed by atoms with Gasteiger partial charge >= 0.3 is 0 Å². The van der Waals surface area contributed by atoms with Gasteiger partial charge in [0.05, 0.1) is 0 Å². The highest BCUT2D eigenvalue weighted by Gasteiger charge is 2.28. The van der Waals surface area contributed by atoms with E-state index in [9.17, 15) is 8.78 Å². The van der Waals surface area contributed by atoms with Gasteiger partial charge in [0.15, 0.2) is 0 Å². The normalized spacial score (nSPS) is 23.2. The Bertz CT molecular complexity index is 431. The highest BCUT2D eigenvalue weighted by Crippen LogP contribution is 2.38. The second-order valence-corrected chi connectivity index (χ2v) is 6.37. The third-order valence-electron chi connectivity index (χ3n) is 4.23. The monoisotopic (exact) mass is 281 g/mol. The molecule has 112 valence electrons. The number of benzene rings is 1. The first-order chi connectivity index (χ1) is 9.58. The van der Waals surface area contributed by atoms with Gasteiger partial charge in [-0.15, -0.1) is 0 Å². The Labute approximate surface area is 120 Å². The third kappa shape index (κ3) is 4.02. The molecule has 1 aromatic rings. The van der Waals surface area contributed by atoms with E-state index in [0.29, 0.717) is 17.4 Å². The average Bonchev–Trinajstić information content (AvgIpc) is 2.39. The topological polar surface area (TPSA) is 12.0 Å². The van der Waals surface area contributed by atoms with Crippen molar-refractivity contribution in [3.05, 3.63) is 35.4 Å². The Morgan fingerprint density at radius 3 is 2.65 bits per heavy atom. The third-order valence-corrected chi connectivity index (χ3v) is 4.23. The van der Waals surface area contributed by atoms with E-state index in [4.69, 9.17) is 0 Å². The molecular weight excluding hydrogens is 256 g/mol. The van der Waals surface area contributed by atoms with Crippen molar-refractivity contribution >= 4 is 0 Å². The smallest absolute Gasteiger partial charge is 0.129 e. The fourth-order valence-corrected chi connectivity index (χ4v) is 3.22. The molecule has 2 rings (SSSR count). The molecule has 2 atom stereocenters. The molecule has 1 aliphatic rings. The van der Waals surface area contributed by atoms with Crippen LogP contribution in [-0.4, -0.2) is 13.1 Å². The van der Waals surface area contributed by atoms with Crippen LogP contribution < -0.4 is 5.32 Å². The van der Waals surface area contributed by atoms with Gasteiger partial charge in [0.1, 0.15) is 11.6 Å². The summed E-state index contributed by atoms with van der Waals surface area (Å²) in [5.74, 6) is 0.438. The van der Waals surface area contributed by atoms with Crippen LogP contribution in [0.3, 0.4) is 0 Å². The van der Waals surface area contributed by atoms with Crippen molar-refractivity contribution < 1.29 is 8.78 Å². The van der Waals surface area contributed by atoms with Crippen molar-refractivity contribution in [1.29, 1.82) is 0 Å². The molecule has 0 aliphatic heterocycles. The predicted octanol–water partition coefficient (Wildman–Crippen LogP) is 4.48. The van der Waals surface area contributed by atoms with E-state index in [2.05, 4.69) is 19.2 Å². The van der Waals surface area contributed by atoms with Crippen LogP contribution in [0.25, 0.3) is 0 Å². The second kappa shape index (κ2) is 7.16. The number of hydrogen-bond donors (Lipinski definition) is 1. The molecule has 0 amide bonds. The van der Waals surface area contributed by atoms with Crippen LogP contribution >= 0.6 is 0 Å². The number of halogens is 2. The van der Waals surface area contributed by atoms with Crippen molar-refractivity contribution in [3.8, 4) is 0 Å². The van der Waals surface area contributed by atoms with E-state index >= 15 is 0 Å². The molecule has 0 radical (unpaired) electrons. The lowest BCUT2D eigenvalue weighted by atomic mass is 9.75. The minimum Gasteiger partial charge on any atom is -0.316 e. The Balaban J connectivity index is 2.06. The minimum absolute atomic E-state index is 0.226. The predicted molar refractivity (Wildman–Crippen MR) is 78.8 cm³/mol. The molecule has 1 nitrogen and oxygen atoms in total. The van der Waals surface area contributed by atoms with E-state index in [1.807, 2.05) is 0 Å². The van der Waals surface area contributed by atoms with Crippen LogP contribution in [0.2, 0.25) is 0 Å². The highest BCUT2D eigenvalue weighted by molar-refractivity contribution is 5.24. The highest BCUT2D eigenvalue weighted by atomic mass is 19.1. The van der Waals surface area contributed by atoms with E-state index in [0.717, 1.165) is 38.4 Å². The Morgan fingerprint density at radius 2 is 1.95 bits per heavy atom. The summed E-state index contributed by atoms with van der Waals surface area (Å²) in [6.45, 7) is 6.30. The van der Waals surface area contributed by atoms with Gasteiger partial charge in [-0.2, -0.15) is 0 Å². The quantitative estimate of drug-likeness (QED) is 0.839. The Kier molecular flexibility index (Phi) is 5.53. The van der Waals surface area contributed by atoms with Crippen molar-refractivity contribution in [2.45, 2.75) is 45.4 Å². The zero-order chi connectivity index (χ0) is 14.5.